The summed E-state index contributed by atoms with van der Waals surface area (Å²) < 4.78 is 1.94. The van der Waals surface area contributed by atoms with Gasteiger partial charge in [-0.25, -0.2) is 0 Å². The Bertz CT molecular complexity index is 695. The van der Waals surface area contributed by atoms with Crippen molar-refractivity contribution in [2.45, 2.75) is 13.5 Å². The Hall–Kier alpha value is -1.95. The van der Waals surface area contributed by atoms with Crippen LogP contribution in [0.5, 0.6) is 0 Å². The molecule has 0 saturated heterocycles. The molecule has 0 aliphatic heterocycles. The van der Waals surface area contributed by atoms with E-state index < -0.39 is 4.92 Å². The maximum Gasteiger partial charge on any atom is 0.283 e. The molecule has 0 spiro atoms. The van der Waals surface area contributed by atoms with Crippen LogP contribution in [0.2, 0.25) is 0 Å². The average molecular weight is 323 g/mol. The van der Waals surface area contributed by atoms with Gasteiger partial charge >= 0.3 is 0 Å². The zero-order valence-corrected chi connectivity index (χ0v) is 11.8. The number of nitrogens with zero attached hydrogens (tertiary/aromatic N) is 2. The molecule has 0 bridgehead atoms. The predicted molar refractivity (Wildman–Crippen MR) is 75.3 cm³/mol. The largest absolute Gasteiger partial charge is 0.311 e. The fourth-order valence-electron chi connectivity index (χ4n) is 1.79. The van der Waals surface area contributed by atoms with E-state index in [9.17, 15) is 14.9 Å². The van der Waals surface area contributed by atoms with Crippen molar-refractivity contribution in [3.05, 3.63) is 72.6 Å². The Morgan fingerprint density at radius 2 is 2.05 bits per heavy atom. The highest BCUT2D eigenvalue weighted by Crippen LogP contribution is 2.28. The summed E-state index contributed by atoms with van der Waals surface area (Å²) >= 11 is 3.23. The van der Waals surface area contributed by atoms with Crippen molar-refractivity contribution in [3.8, 4) is 0 Å². The molecule has 2 rings (SSSR count). The fourth-order valence-corrected chi connectivity index (χ4v) is 2.33. The zero-order valence-electron chi connectivity index (χ0n) is 10.2. The van der Waals surface area contributed by atoms with E-state index in [-0.39, 0.29) is 11.2 Å². The molecule has 19 heavy (non-hydrogen) atoms. The summed E-state index contributed by atoms with van der Waals surface area (Å²) in [6.45, 7) is 2.03. The lowest BCUT2D eigenvalue weighted by atomic mass is 10.2. The SMILES string of the molecule is Cc1cccn(Cc2cccc([N+](=O)[O-])c2Br)c1=O. The third-order valence-corrected chi connectivity index (χ3v) is 3.72. The number of nitro groups is 1. The minimum Gasteiger partial charge on any atom is -0.311 e. The third kappa shape index (κ3) is 2.73. The second-order valence-electron chi connectivity index (χ2n) is 4.13. The third-order valence-electron chi connectivity index (χ3n) is 2.81. The van der Waals surface area contributed by atoms with Crippen molar-refractivity contribution in [3.63, 3.8) is 0 Å². The first-order chi connectivity index (χ1) is 9.00. The molecule has 0 N–H and O–H groups in total. The molecule has 1 aromatic heterocycles. The lowest BCUT2D eigenvalue weighted by Gasteiger charge is -2.08. The van der Waals surface area contributed by atoms with E-state index in [1.54, 1.807) is 37.4 Å². The van der Waals surface area contributed by atoms with Gasteiger partial charge in [-0.05, 0) is 34.5 Å². The van der Waals surface area contributed by atoms with Crippen molar-refractivity contribution in [2.75, 3.05) is 0 Å². The molecule has 98 valence electrons. The molecule has 0 fully saturated rings. The molecule has 6 heteroatoms. The molecule has 0 saturated carbocycles. The first-order valence-corrected chi connectivity index (χ1v) is 6.38. The number of halogens is 1. The zero-order chi connectivity index (χ0) is 14.0. The molecular weight excluding hydrogens is 312 g/mol. The molecule has 0 amide bonds. The van der Waals surface area contributed by atoms with E-state index in [1.165, 1.54) is 10.6 Å². The Labute approximate surface area is 117 Å². The highest BCUT2D eigenvalue weighted by atomic mass is 79.9. The van der Waals surface area contributed by atoms with Crippen molar-refractivity contribution in [2.24, 2.45) is 0 Å². The summed E-state index contributed by atoms with van der Waals surface area (Å²) in [7, 11) is 0. The molecule has 0 aliphatic carbocycles. The van der Waals surface area contributed by atoms with Crippen LogP contribution < -0.4 is 5.56 Å². The van der Waals surface area contributed by atoms with Gasteiger partial charge in [-0.3, -0.25) is 14.9 Å². The fraction of sp³-hybridized carbons (Fsp3) is 0.154. The summed E-state index contributed by atoms with van der Waals surface area (Å²) in [4.78, 5) is 22.3. The summed E-state index contributed by atoms with van der Waals surface area (Å²) in [5, 5.41) is 10.9. The molecule has 0 radical (unpaired) electrons. The van der Waals surface area contributed by atoms with Crippen LogP contribution in [0.1, 0.15) is 11.1 Å². The van der Waals surface area contributed by atoms with Gasteiger partial charge in [0.1, 0.15) is 4.47 Å². The number of hydrogen-bond donors (Lipinski definition) is 0. The highest BCUT2D eigenvalue weighted by Gasteiger charge is 2.15. The Morgan fingerprint density at radius 3 is 2.74 bits per heavy atom. The number of benzene rings is 1. The molecule has 1 aromatic carbocycles. The van der Waals surface area contributed by atoms with Crippen molar-refractivity contribution in [1.29, 1.82) is 0 Å². The van der Waals surface area contributed by atoms with Crippen LogP contribution in [-0.4, -0.2) is 9.49 Å². The van der Waals surface area contributed by atoms with Crippen LogP contribution in [-0.2, 0) is 6.54 Å². The Kier molecular flexibility index (Phi) is 3.80. The van der Waals surface area contributed by atoms with E-state index in [2.05, 4.69) is 15.9 Å². The van der Waals surface area contributed by atoms with Gasteiger partial charge in [-0.1, -0.05) is 18.2 Å². The maximum absolute atomic E-state index is 11.9. The predicted octanol–water partition coefficient (Wildman–Crippen LogP) is 2.88. The van der Waals surface area contributed by atoms with E-state index in [4.69, 9.17) is 0 Å². The van der Waals surface area contributed by atoms with Gasteiger partial charge in [0.25, 0.3) is 11.2 Å². The lowest BCUT2D eigenvalue weighted by molar-refractivity contribution is -0.385. The van der Waals surface area contributed by atoms with Crippen molar-refractivity contribution in [1.82, 2.24) is 4.57 Å². The van der Waals surface area contributed by atoms with Crippen LogP contribution >= 0.6 is 15.9 Å². The quantitative estimate of drug-likeness (QED) is 0.644. The standard InChI is InChI=1S/C13H11BrN2O3/c1-9-4-3-7-15(13(9)17)8-10-5-2-6-11(12(10)14)16(18)19/h2-7H,8H2,1H3. The molecule has 5 nitrogen and oxygen atoms in total. The normalized spacial score (nSPS) is 10.4. The number of aryl methyl sites for hydroxylation is 1. The summed E-state index contributed by atoms with van der Waals surface area (Å²) in [5.74, 6) is 0. The van der Waals surface area contributed by atoms with Gasteiger partial charge in [0.15, 0.2) is 0 Å². The lowest BCUT2D eigenvalue weighted by Crippen LogP contribution is -2.21. The second-order valence-corrected chi connectivity index (χ2v) is 4.92. The van der Waals surface area contributed by atoms with Crippen LogP contribution in [0, 0.1) is 17.0 Å². The first-order valence-electron chi connectivity index (χ1n) is 5.58. The van der Waals surface area contributed by atoms with Gasteiger partial charge in [-0.2, -0.15) is 0 Å². The monoisotopic (exact) mass is 322 g/mol. The minimum atomic E-state index is -0.452. The number of nitro benzene ring substituents is 1. The molecule has 1 heterocycles. The molecule has 0 unspecified atom stereocenters. The highest BCUT2D eigenvalue weighted by molar-refractivity contribution is 9.10. The summed E-state index contributed by atoms with van der Waals surface area (Å²) in [5.41, 5.74) is 1.24. The summed E-state index contributed by atoms with van der Waals surface area (Å²) in [6.07, 6.45) is 1.67. The molecule has 2 aromatic rings. The van der Waals surface area contributed by atoms with Crippen LogP contribution in [0.3, 0.4) is 0 Å². The van der Waals surface area contributed by atoms with E-state index >= 15 is 0 Å². The first kappa shape index (κ1) is 13.5. The van der Waals surface area contributed by atoms with Crippen molar-refractivity contribution < 1.29 is 4.92 Å². The Morgan fingerprint density at radius 1 is 1.32 bits per heavy atom. The van der Waals surface area contributed by atoms with E-state index in [1.807, 2.05) is 0 Å². The van der Waals surface area contributed by atoms with Crippen LogP contribution in [0.25, 0.3) is 0 Å². The van der Waals surface area contributed by atoms with Gasteiger partial charge in [0.2, 0.25) is 0 Å². The minimum absolute atomic E-state index is 0.00166. The number of pyridine rings is 1. The van der Waals surface area contributed by atoms with Crippen LogP contribution in [0.15, 0.2) is 45.8 Å². The Balaban J connectivity index is 2.45. The molecular formula is C13H11BrN2O3. The van der Waals surface area contributed by atoms with Gasteiger partial charge in [-0.15, -0.1) is 0 Å². The van der Waals surface area contributed by atoms with E-state index in [0.717, 1.165) is 0 Å². The molecule has 0 atom stereocenters. The second kappa shape index (κ2) is 5.36. The van der Waals surface area contributed by atoms with Crippen molar-refractivity contribution >= 4 is 21.6 Å². The summed E-state index contributed by atoms with van der Waals surface area (Å²) in [6, 6.07) is 8.31. The van der Waals surface area contributed by atoms with Crippen LogP contribution in [0.4, 0.5) is 5.69 Å². The average Bonchev–Trinajstić information content (AvgIpc) is 2.37. The number of rotatable bonds is 3. The van der Waals surface area contributed by atoms with E-state index in [0.29, 0.717) is 22.1 Å². The number of aromatic nitrogens is 1. The molecule has 0 aliphatic rings. The number of hydrogen-bond acceptors (Lipinski definition) is 3. The maximum atomic E-state index is 11.9. The van der Waals surface area contributed by atoms with Gasteiger partial charge in [0.05, 0.1) is 11.5 Å². The smallest absolute Gasteiger partial charge is 0.283 e. The topological polar surface area (TPSA) is 65.1 Å². The van der Waals surface area contributed by atoms with Gasteiger partial charge in [0, 0.05) is 17.8 Å². The van der Waals surface area contributed by atoms with Gasteiger partial charge < -0.3 is 4.57 Å².